The average Bonchev–Trinajstić information content (AvgIpc) is 2.28. The summed E-state index contributed by atoms with van der Waals surface area (Å²) in [5.74, 6) is 0. The Kier molecular flexibility index (Phi) is 3.38. The predicted octanol–water partition coefficient (Wildman–Crippen LogP) is 3.87. The van der Waals surface area contributed by atoms with E-state index in [4.69, 9.17) is 0 Å². The number of hydrogen-bond acceptors (Lipinski definition) is 3. The van der Waals surface area contributed by atoms with Crippen LogP contribution >= 0.6 is 12.6 Å². The molecule has 0 bridgehead atoms. The fourth-order valence-corrected chi connectivity index (χ4v) is 2.13. The molecule has 1 aromatic heterocycles. The second kappa shape index (κ2) is 4.80. The lowest BCUT2D eigenvalue weighted by molar-refractivity contribution is 0.714. The Hall–Kier alpha value is -1.48. The number of anilines is 1. The normalized spacial score (nSPS) is 12.2. The zero-order valence-electron chi connectivity index (χ0n) is 10.0. The van der Waals surface area contributed by atoms with E-state index in [9.17, 15) is 0 Å². The van der Waals surface area contributed by atoms with Crippen LogP contribution in [0.5, 0.6) is 0 Å². The first-order valence-electron chi connectivity index (χ1n) is 5.55. The first-order chi connectivity index (χ1) is 8.11. The van der Waals surface area contributed by atoms with Crippen molar-refractivity contribution in [3.63, 3.8) is 0 Å². The Morgan fingerprint density at radius 1 is 1.24 bits per heavy atom. The highest BCUT2D eigenvalue weighted by atomic mass is 32.1. The van der Waals surface area contributed by atoms with Gasteiger partial charge in [-0.1, -0.05) is 12.1 Å². The fourth-order valence-electron chi connectivity index (χ4n) is 1.76. The highest BCUT2D eigenvalue weighted by molar-refractivity contribution is 7.83. The van der Waals surface area contributed by atoms with Crippen LogP contribution in [-0.2, 0) is 0 Å². The lowest BCUT2D eigenvalue weighted by Gasteiger charge is -2.23. The molecule has 1 N–H and O–H groups in total. The summed E-state index contributed by atoms with van der Waals surface area (Å²) in [6, 6.07) is 8.29. The highest BCUT2D eigenvalue weighted by Crippen LogP contribution is 2.21. The molecule has 0 saturated heterocycles. The predicted molar refractivity (Wildman–Crippen MR) is 77.6 cm³/mol. The molecule has 2 nitrogen and oxygen atoms in total. The molecule has 2 aromatic rings. The third kappa shape index (κ3) is 3.01. The van der Waals surface area contributed by atoms with E-state index in [1.807, 2.05) is 24.5 Å². The first-order valence-corrected chi connectivity index (χ1v) is 6.06. The second-order valence-corrected chi connectivity index (χ2v) is 4.90. The SMILES string of the molecule is CC(C)(/C=C\S)Nc1ccc2cnccc2c1. The van der Waals surface area contributed by atoms with Crippen molar-refractivity contribution in [3.8, 4) is 0 Å². The minimum atomic E-state index is -0.109. The van der Waals surface area contributed by atoms with Crippen molar-refractivity contribution >= 4 is 29.1 Å². The molecule has 0 spiro atoms. The van der Waals surface area contributed by atoms with E-state index in [0.717, 1.165) is 11.1 Å². The van der Waals surface area contributed by atoms with Crippen molar-refractivity contribution in [1.29, 1.82) is 0 Å². The van der Waals surface area contributed by atoms with Gasteiger partial charge in [0.2, 0.25) is 0 Å². The molecule has 1 aromatic carbocycles. The quantitative estimate of drug-likeness (QED) is 0.801. The van der Waals surface area contributed by atoms with Crippen LogP contribution < -0.4 is 5.32 Å². The van der Waals surface area contributed by atoms with Gasteiger partial charge in [0.05, 0.1) is 5.54 Å². The number of aromatic nitrogens is 1. The molecule has 0 radical (unpaired) electrons. The molecule has 0 aliphatic carbocycles. The molecule has 0 unspecified atom stereocenters. The molecule has 0 atom stereocenters. The Morgan fingerprint density at radius 2 is 2.06 bits per heavy atom. The van der Waals surface area contributed by atoms with Crippen LogP contribution in [0.15, 0.2) is 48.1 Å². The maximum atomic E-state index is 4.11. The molecule has 88 valence electrons. The van der Waals surface area contributed by atoms with Gasteiger partial charge in [0, 0.05) is 23.5 Å². The van der Waals surface area contributed by atoms with E-state index in [-0.39, 0.29) is 5.54 Å². The Labute approximate surface area is 107 Å². The van der Waals surface area contributed by atoms with E-state index < -0.39 is 0 Å². The molecular weight excluding hydrogens is 228 g/mol. The van der Waals surface area contributed by atoms with Gasteiger partial charge in [-0.15, -0.1) is 0 Å². The van der Waals surface area contributed by atoms with E-state index in [2.05, 4.69) is 55.0 Å². The van der Waals surface area contributed by atoms with Crippen molar-refractivity contribution in [3.05, 3.63) is 48.1 Å². The van der Waals surface area contributed by atoms with Crippen molar-refractivity contribution in [2.75, 3.05) is 5.32 Å². The van der Waals surface area contributed by atoms with Gasteiger partial charge in [0.15, 0.2) is 0 Å². The van der Waals surface area contributed by atoms with Crippen LogP contribution in [0.25, 0.3) is 10.8 Å². The number of thiol groups is 1. The largest absolute Gasteiger partial charge is 0.377 e. The van der Waals surface area contributed by atoms with E-state index in [0.29, 0.717) is 0 Å². The molecule has 0 saturated carbocycles. The minimum absolute atomic E-state index is 0.109. The molecule has 0 fully saturated rings. The third-order valence-electron chi connectivity index (χ3n) is 2.60. The van der Waals surface area contributed by atoms with Gasteiger partial charge >= 0.3 is 0 Å². The summed E-state index contributed by atoms with van der Waals surface area (Å²) < 4.78 is 0. The standard InChI is InChI=1S/C14H16N2S/c1-14(2,6-8-17)16-13-4-3-12-10-15-7-5-11(12)9-13/h3-10,16-17H,1-2H3/b8-6-. The van der Waals surface area contributed by atoms with Gasteiger partial charge in [0.1, 0.15) is 0 Å². The molecule has 0 aliphatic heterocycles. The Balaban J connectivity index is 2.31. The number of fused-ring (bicyclic) bond motifs is 1. The molecule has 1 heterocycles. The molecule has 2 rings (SSSR count). The summed E-state index contributed by atoms with van der Waals surface area (Å²) in [7, 11) is 0. The molecule has 0 amide bonds. The van der Waals surface area contributed by atoms with Crippen molar-refractivity contribution < 1.29 is 0 Å². The number of hydrogen-bond donors (Lipinski definition) is 2. The number of rotatable bonds is 3. The number of benzene rings is 1. The maximum Gasteiger partial charge on any atom is 0.0507 e. The van der Waals surface area contributed by atoms with Crippen LogP contribution in [0.2, 0.25) is 0 Å². The third-order valence-corrected chi connectivity index (χ3v) is 2.75. The van der Waals surface area contributed by atoms with Gasteiger partial charge < -0.3 is 5.32 Å². The summed E-state index contributed by atoms with van der Waals surface area (Å²) in [5.41, 5.74) is 0.989. The lowest BCUT2D eigenvalue weighted by Crippen LogP contribution is -2.27. The molecular formula is C14H16N2S. The van der Waals surface area contributed by atoms with E-state index >= 15 is 0 Å². The summed E-state index contributed by atoms with van der Waals surface area (Å²) in [4.78, 5) is 4.10. The van der Waals surface area contributed by atoms with Gasteiger partial charge in [-0.05, 0) is 42.8 Å². The number of nitrogens with one attached hydrogen (secondary N) is 1. The van der Waals surface area contributed by atoms with E-state index in [1.165, 1.54) is 5.39 Å². The van der Waals surface area contributed by atoms with Crippen LogP contribution in [0.1, 0.15) is 13.8 Å². The van der Waals surface area contributed by atoms with Crippen LogP contribution in [0.3, 0.4) is 0 Å². The van der Waals surface area contributed by atoms with Crippen LogP contribution in [0.4, 0.5) is 5.69 Å². The summed E-state index contributed by atoms with van der Waals surface area (Å²) in [6.07, 6.45) is 5.70. The minimum Gasteiger partial charge on any atom is -0.377 e. The van der Waals surface area contributed by atoms with Crippen LogP contribution in [0, 0.1) is 0 Å². The van der Waals surface area contributed by atoms with Crippen LogP contribution in [-0.4, -0.2) is 10.5 Å². The Bertz CT molecular complexity index is 547. The second-order valence-electron chi connectivity index (χ2n) is 4.60. The first kappa shape index (κ1) is 12.0. The summed E-state index contributed by atoms with van der Waals surface area (Å²) in [6.45, 7) is 4.22. The average molecular weight is 244 g/mol. The van der Waals surface area contributed by atoms with Gasteiger partial charge in [-0.25, -0.2) is 0 Å². The fraction of sp³-hybridized carbons (Fsp3) is 0.214. The summed E-state index contributed by atoms with van der Waals surface area (Å²) >= 11 is 4.11. The molecule has 0 aliphatic rings. The van der Waals surface area contributed by atoms with E-state index in [1.54, 1.807) is 5.41 Å². The van der Waals surface area contributed by atoms with Crippen molar-refractivity contribution in [2.45, 2.75) is 19.4 Å². The molecule has 17 heavy (non-hydrogen) atoms. The van der Waals surface area contributed by atoms with Gasteiger partial charge in [0.25, 0.3) is 0 Å². The monoisotopic (exact) mass is 244 g/mol. The van der Waals surface area contributed by atoms with Gasteiger partial charge in [-0.3, -0.25) is 4.98 Å². The maximum absolute atomic E-state index is 4.11. The Morgan fingerprint density at radius 3 is 2.82 bits per heavy atom. The van der Waals surface area contributed by atoms with Gasteiger partial charge in [-0.2, -0.15) is 12.6 Å². The lowest BCUT2D eigenvalue weighted by atomic mass is 10.0. The van der Waals surface area contributed by atoms with Crippen molar-refractivity contribution in [1.82, 2.24) is 4.98 Å². The highest BCUT2D eigenvalue weighted by Gasteiger charge is 2.12. The number of nitrogens with zero attached hydrogens (tertiary/aromatic N) is 1. The van der Waals surface area contributed by atoms with Crippen molar-refractivity contribution in [2.24, 2.45) is 0 Å². The zero-order chi connectivity index (χ0) is 12.3. The number of pyridine rings is 1. The molecule has 3 heteroatoms. The zero-order valence-corrected chi connectivity index (χ0v) is 10.9. The summed E-state index contributed by atoms with van der Waals surface area (Å²) in [5, 5.41) is 7.56. The smallest absolute Gasteiger partial charge is 0.0507 e. The topological polar surface area (TPSA) is 24.9 Å².